The van der Waals surface area contributed by atoms with Crippen LogP contribution < -0.4 is 4.90 Å². The number of nitrogens with zero attached hydrogens (tertiary/aromatic N) is 4. The van der Waals surface area contributed by atoms with E-state index < -0.39 is 0 Å². The number of piperazine rings is 1. The third-order valence-electron chi connectivity index (χ3n) is 2.62. The molecule has 0 spiro atoms. The van der Waals surface area contributed by atoms with Crippen molar-refractivity contribution < 1.29 is 4.79 Å². The zero-order chi connectivity index (χ0) is 10.7. The van der Waals surface area contributed by atoms with Crippen LogP contribution in [0, 0.1) is 0 Å². The first kappa shape index (κ1) is 10.0. The number of carbonyl (C=O) groups is 1. The van der Waals surface area contributed by atoms with Gasteiger partial charge in [0.1, 0.15) is 17.8 Å². The quantitative estimate of drug-likeness (QED) is 0.639. The molecule has 0 amide bonds. The Hall–Kier alpha value is -1.49. The van der Waals surface area contributed by atoms with Gasteiger partial charge in [0.05, 0.1) is 0 Å². The third kappa shape index (κ3) is 2.30. The minimum absolute atomic E-state index is 0.443. The Kier molecular flexibility index (Phi) is 2.91. The van der Waals surface area contributed by atoms with E-state index in [0.29, 0.717) is 5.69 Å². The molecule has 1 aliphatic rings. The Balaban J connectivity index is 2.11. The van der Waals surface area contributed by atoms with Crippen molar-refractivity contribution >= 4 is 12.1 Å². The normalized spacial score (nSPS) is 17.8. The molecule has 0 aromatic carbocycles. The van der Waals surface area contributed by atoms with Crippen LogP contribution in [0.15, 0.2) is 12.4 Å². The first-order valence-corrected chi connectivity index (χ1v) is 5.00. The first-order chi connectivity index (χ1) is 7.29. The molecule has 80 valence electrons. The van der Waals surface area contributed by atoms with Crippen LogP contribution in [0.3, 0.4) is 0 Å². The average Bonchev–Trinajstić information content (AvgIpc) is 2.30. The Morgan fingerprint density at radius 1 is 1.27 bits per heavy atom. The Morgan fingerprint density at radius 2 is 2.00 bits per heavy atom. The number of hydrogen-bond acceptors (Lipinski definition) is 5. The lowest BCUT2D eigenvalue weighted by atomic mass is 10.3. The van der Waals surface area contributed by atoms with Crippen molar-refractivity contribution in [3.63, 3.8) is 0 Å². The zero-order valence-electron chi connectivity index (χ0n) is 8.76. The largest absolute Gasteiger partial charge is 0.354 e. The molecule has 0 N–H and O–H groups in total. The second-order valence-corrected chi connectivity index (χ2v) is 3.71. The molecular formula is C10H14N4O. The molecular weight excluding hydrogens is 192 g/mol. The van der Waals surface area contributed by atoms with Crippen molar-refractivity contribution in [1.82, 2.24) is 14.9 Å². The molecule has 1 aromatic heterocycles. The second kappa shape index (κ2) is 4.35. The molecule has 2 rings (SSSR count). The average molecular weight is 206 g/mol. The van der Waals surface area contributed by atoms with Crippen molar-refractivity contribution in [3.8, 4) is 0 Å². The van der Waals surface area contributed by atoms with Gasteiger partial charge in [-0.2, -0.15) is 0 Å². The molecule has 0 radical (unpaired) electrons. The molecule has 1 fully saturated rings. The van der Waals surface area contributed by atoms with Gasteiger partial charge in [-0.05, 0) is 7.05 Å². The Bertz CT molecular complexity index is 347. The van der Waals surface area contributed by atoms with Gasteiger partial charge in [0.2, 0.25) is 0 Å². The standard InChI is InChI=1S/C10H14N4O/c1-13-2-4-14(5-3-13)10-6-9(7-15)11-8-12-10/h6-8H,2-5H2,1H3. The maximum Gasteiger partial charge on any atom is 0.168 e. The highest BCUT2D eigenvalue weighted by Crippen LogP contribution is 2.12. The van der Waals surface area contributed by atoms with Crippen molar-refractivity contribution in [2.45, 2.75) is 0 Å². The van der Waals surface area contributed by atoms with Crippen LogP contribution >= 0.6 is 0 Å². The van der Waals surface area contributed by atoms with Crippen LogP contribution in [0.25, 0.3) is 0 Å². The van der Waals surface area contributed by atoms with Crippen LogP contribution in [-0.4, -0.2) is 54.4 Å². The van der Waals surface area contributed by atoms with Crippen molar-refractivity contribution in [3.05, 3.63) is 18.1 Å². The fourth-order valence-electron chi connectivity index (χ4n) is 1.63. The van der Waals surface area contributed by atoms with Gasteiger partial charge in [-0.1, -0.05) is 0 Å². The van der Waals surface area contributed by atoms with E-state index in [4.69, 9.17) is 0 Å². The van der Waals surface area contributed by atoms with Crippen LogP contribution in [0.4, 0.5) is 5.82 Å². The van der Waals surface area contributed by atoms with E-state index in [-0.39, 0.29) is 0 Å². The second-order valence-electron chi connectivity index (χ2n) is 3.71. The predicted octanol–water partition coefficient (Wildman–Crippen LogP) is 0.0409. The van der Waals surface area contributed by atoms with Crippen molar-refractivity contribution in [2.75, 3.05) is 38.1 Å². The van der Waals surface area contributed by atoms with E-state index in [1.807, 2.05) is 0 Å². The highest BCUT2D eigenvalue weighted by Gasteiger charge is 2.15. The number of hydrogen-bond donors (Lipinski definition) is 0. The lowest BCUT2D eigenvalue weighted by Gasteiger charge is -2.33. The number of carbonyl (C=O) groups excluding carboxylic acids is 1. The van der Waals surface area contributed by atoms with Gasteiger partial charge in [-0.15, -0.1) is 0 Å². The number of rotatable bonds is 2. The van der Waals surface area contributed by atoms with E-state index in [1.165, 1.54) is 6.33 Å². The molecule has 0 saturated carbocycles. The van der Waals surface area contributed by atoms with Crippen molar-refractivity contribution in [2.24, 2.45) is 0 Å². The molecule has 1 saturated heterocycles. The van der Waals surface area contributed by atoms with Crippen LogP contribution in [-0.2, 0) is 0 Å². The molecule has 15 heavy (non-hydrogen) atoms. The number of anilines is 1. The molecule has 1 aromatic rings. The summed E-state index contributed by atoms with van der Waals surface area (Å²) in [6.45, 7) is 3.96. The van der Waals surface area contributed by atoms with Crippen LogP contribution in [0.1, 0.15) is 10.5 Å². The minimum atomic E-state index is 0.443. The topological polar surface area (TPSA) is 49.3 Å². The van der Waals surface area contributed by atoms with E-state index in [0.717, 1.165) is 38.3 Å². The molecule has 0 atom stereocenters. The summed E-state index contributed by atoms with van der Waals surface area (Å²) in [5.74, 6) is 0.847. The van der Waals surface area contributed by atoms with Gasteiger partial charge in [0, 0.05) is 32.2 Å². The summed E-state index contributed by atoms with van der Waals surface area (Å²) in [5, 5.41) is 0. The fourth-order valence-corrected chi connectivity index (χ4v) is 1.63. The molecule has 0 unspecified atom stereocenters. The maximum atomic E-state index is 10.6. The van der Waals surface area contributed by atoms with Crippen LogP contribution in [0.5, 0.6) is 0 Å². The summed E-state index contributed by atoms with van der Waals surface area (Å²) in [6, 6.07) is 1.73. The van der Waals surface area contributed by atoms with E-state index in [2.05, 4.69) is 26.8 Å². The summed E-state index contributed by atoms with van der Waals surface area (Å²) >= 11 is 0. The Morgan fingerprint density at radius 3 is 2.67 bits per heavy atom. The molecule has 2 heterocycles. The smallest absolute Gasteiger partial charge is 0.168 e. The van der Waals surface area contributed by atoms with Crippen LogP contribution in [0.2, 0.25) is 0 Å². The summed E-state index contributed by atoms with van der Waals surface area (Å²) in [4.78, 5) is 23.1. The van der Waals surface area contributed by atoms with E-state index in [1.54, 1.807) is 6.07 Å². The van der Waals surface area contributed by atoms with Gasteiger partial charge in [-0.3, -0.25) is 4.79 Å². The monoisotopic (exact) mass is 206 g/mol. The lowest BCUT2D eigenvalue weighted by molar-refractivity contribution is 0.111. The lowest BCUT2D eigenvalue weighted by Crippen LogP contribution is -2.44. The Labute approximate surface area is 88.7 Å². The SMILES string of the molecule is CN1CCN(c2cc(C=O)ncn2)CC1. The predicted molar refractivity (Wildman–Crippen MR) is 57.1 cm³/mol. The number of likely N-dealkylation sites (N-methyl/N-ethyl adjacent to an activating group) is 1. The van der Waals surface area contributed by atoms with Gasteiger partial charge < -0.3 is 9.80 Å². The summed E-state index contributed by atoms with van der Waals surface area (Å²) in [7, 11) is 2.11. The minimum Gasteiger partial charge on any atom is -0.354 e. The zero-order valence-corrected chi connectivity index (χ0v) is 8.76. The summed E-state index contributed by atoms with van der Waals surface area (Å²) < 4.78 is 0. The van der Waals surface area contributed by atoms with Gasteiger partial charge >= 0.3 is 0 Å². The molecule has 5 nitrogen and oxygen atoms in total. The van der Waals surface area contributed by atoms with Crippen molar-refractivity contribution in [1.29, 1.82) is 0 Å². The highest BCUT2D eigenvalue weighted by atomic mass is 16.1. The van der Waals surface area contributed by atoms with E-state index >= 15 is 0 Å². The molecule has 5 heteroatoms. The van der Waals surface area contributed by atoms with Gasteiger partial charge in [0.25, 0.3) is 0 Å². The van der Waals surface area contributed by atoms with Gasteiger partial charge in [-0.25, -0.2) is 9.97 Å². The molecule has 0 aliphatic carbocycles. The summed E-state index contributed by atoms with van der Waals surface area (Å²) in [5.41, 5.74) is 0.443. The highest BCUT2D eigenvalue weighted by molar-refractivity contribution is 5.73. The van der Waals surface area contributed by atoms with Gasteiger partial charge in [0.15, 0.2) is 6.29 Å². The third-order valence-corrected chi connectivity index (χ3v) is 2.62. The maximum absolute atomic E-state index is 10.6. The number of aldehydes is 1. The van der Waals surface area contributed by atoms with E-state index in [9.17, 15) is 4.79 Å². The molecule has 1 aliphatic heterocycles. The fraction of sp³-hybridized carbons (Fsp3) is 0.500. The number of aromatic nitrogens is 2. The molecule has 0 bridgehead atoms. The first-order valence-electron chi connectivity index (χ1n) is 5.00. The summed E-state index contributed by atoms with van der Waals surface area (Å²) in [6.07, 6.45) is 2.19.